The van der Waals surface area contributed by atoms with Gasteiger partial charge in [-0.25, -0.2) is 0 Å². The summed E-state index contributed by atoms with van der Waals surface area (Å²) in [6.07, 6.45) is 0. The molecule has 0 bridgehead atoms. The number of benzene rings is 2. The monoisotopic (exact) mass is 338 g/mol. The van der Waals surface area contributed by atoms with Crippen LogP contribution in [0.25, 0.3) is 0 Å². The van der Waals surface area contributed by atoms with E-state index >= 15 is 0 Å². The minimum absolute atomic E-state index is 0.0586. The summed E-state index contributed by atoms with van der Waals surface area (Å²) < 4.78 is 44.9. The maximum Gasteiger partial charge on any atom is 0.501 e. The van der Waals surface area contributed by atoms with E-state index in [1.165, 1.54) is 12.1 Å². The lowest BCUT2D eigenvalue weighted by molar-refractivity contribution is 0.311. The molecular weight excluding hydrogens is 320 g/mol. The van der Waals surface area contributed by atoms with E-state index in [1.54, 1.807) is 50.2 Å². The van der Waals surface area contributed by atoms with E-state index in [9.17, 15) is 8.42 Å². The highest BCUT2D eigenvalue weighted by atomic mass is 32.3. The molecule has 23 heavy (non-hydrogen) atoms. The third kappa shape index (κ3) is 4.79. The van der Waals surface area contributed by atoms with E-state index in [2.05, 4.69) is 0 Å². The first-order chi connectivity index (χ1) is 11.1. The second kappa shape index (κ2) is 7.73. The van der Waals surface area contributed by atoms with Crippen LogP contribution in [0.15, 0.2) is 48.5 Å². The second-order valence-corrected chi connectivity index (χ2v) is 5.48. The highest BCUT2D eigenvalue weighted by Crippen LogP contribution is 2.31. The van der Waals surface area contributed by atoms with Crippen molar-refractivity contribution in [3.8, 4) is 23.0 Å². The van der Waals surface area contributed by atoms with Gasteiger partial charge < -0.3 is 17.8 Å². The van der Waals surface area contributed by atoms with Crippen LogP contribution in [-0.2, 0) is 10.4 Å². The standard InChI is InChI=1S/C16H18O6S/c1-3-19-13-9-5-7-11-15(13)21-23(17,18)22-16-12-8-6-10-14(16)20-4-2/h5-12H,3-4H2,1-2H3. The molecule has 124 valence electrons. The molecule has 6 nitrogen and oxygen atoms in total. The van der Waals surface area contributed by atoms with Crippen molar-refractivity contribution >= 4 is 10.4 Å². The maximum atomic E-state index is 12.1. The highest BCUT2D eigenvalue weighted by molar-refractivity contribution is 7.82. The van der Waals surface area contributed by atoms with E-state index in [4.69, 9.17) is 17.8 Å². The molecule has 0 aliphatic heterocycles. The van der Waals surface area contributed by atoms with Crippen LogP contribution >= 0.6 is 0 Å². The molecular formula is C16H18O6S. The fraction of sp³-hybridized carbons (Fsp3) is 0.250. The van der Waals surface area contributed by atoms with Crippen molar-refractivity contribution in [2.45, 2.75) is 13.8 Å². The van der Waals surface area contributed by atoms with Gasteiger partial charge in [-0.05, 0) is 38.1 Å². The molecule has 0 heterocycles. The van der Waals surface area contributed by atoms with Gasteiger partial charge in [0, 0.05) is 0 Å². The number of rotatable bonds is 8. The van der Waals surface area contributed by atoms with Crippen molar-refractivity contribution in [2.75, 3.05) is 13.2 Å². The summed E-state index contributed by atoms with van der Waals surface area (Å²) in [5.41, 5.74) is 0. The van der Waals surface area contributed by atoms with E-state index in [-0.39, 0.29) is 11.5 Å². The smallest absolute Gasteiger partial charge is 0.490 e. The zero-order valence-electron chi connectivity index (χ0n) is 12.9. The summed E-state index contributed by atoms with van der Waals surface area (Å²) in [6.45, 7) is 4.35. The third-order valence-corrected chi connectivity index (χ3v) is 3.45. The zero-order valence-corrected chi connectivity index (χ0v) is 13.7. The van der Waals surface area contributed by atoms with Gasteiger partial charge in [-0.2, -0.15) is 0 Å². The van der Waals surface area contributed by atoms with E-state index in [0.29, 0.717) is 24.7 Å². The Hall–Kier alpha value is -2.41. The number of hydrogen-bond donors (Lipinski definition) is 0. The van der Waals surface area contributed by atoms with Gasteiger partial charge in [-0.15, -0.1) is 8.42 Å². The van der Waals surface area contributed by atoms with Gasteiger partial charge in [-0.1, -0.05) is 24.3 Å². The summed E-state index contributed by atoms with van der Waals surface area (Å²) in [5.74, 6) is 0.756. The summed E-state index contributed by atoms with van der Waals surface area (Å²) >= 11 is 0. The summed E-state index contributed by atoms with van der Waals surface area (Å²) in [4.78, 5) is 0. The molecule has 0 aliphatic rings. The van der Waals surface area contributed by atoms with Crippen LogP contribution in [0.1, 0.15) is 13.8 Å². The molecule has 7 heteroatoms. The zero-order chi connectivity index (χ0) is 16.7. The van der Waals surface area contributed by atoms with Crippen molar-refractivity contribution < 1.29 is 26.3 Å². The first kappa shape index (κ1) is 17.0. The predicted octanol–water partition coefficient (Wildman–Crippen LogP) is 3.19. The van der Waals surface area contributed by atoms with Crippen LogP contribution in [0.2, 0.25) is 0 Å². The number of para-hydroxylation sites is 4. The lowest BCUT2D eigenvalue weighted by Crippen LogP contribution is -2.17. The van der Waals surface area contributed by atoms with Gasteiger partial charge in [0.25, 0.3) is 0 Å². The Morgan fingerprint density at radius 2 is 1.04 bits per heavy atom. The molecule has 0 spiro atoms. The topological polar surface area (TPSA) is 71.1 Å². The Balaban J connectivity index is 2.20. The van der Waals surface area contributed by atoms with Gasteiger partial charge in [0.1, 0.15) is 0 Å². The molecule has 0 aliphatic carbocycles. The highest BCUT2D eigenvalue weighted by Gasteiger charge is 2.20. The van der Waals surface area contributed by atoms with Crippen molar-refractivity contribution in [1.29, 1.82) is 0 Å². The Morgan fingerprint density at radius 3 is 1.39 bits per heavy atom. The van der Waals surface area contributed by atoms with Crippen LogP contribution in [0.4, 0.5) is 0 Å². The number of ether oxygens (including phenoxy) is 2. The van der Waals surface area contributed by atoms with Crippen molar-refractivity contribution in [3.63, 3.8) is 0 Å². The molecule has 2 rings (SSSR count). The molecule has 0 unspecified atom stereocenters. The maximum absolute atomic E-state index is 12.1. The molecule has 0 atom stereocenters. The third-order valence-electron chi connectivity index (χ3n) is 2.68. The minimum Gasteiger partial charge on any atom is -0.490 e. The Labute approximate surface area is 135 Å². The first-order valence-electron chi connectivity index (χ1n) is 7.13. The fourth-order valence-corrected chi connectivity index (χ4v) is 2.57. The van der Waals surface area contributed by atoms with Crippen molar-refractivity contribution in [1.82, 2.24) is 0 Å². The van der Waals surface area contributed by atoms with E-state index < -0.39 is 10.4 Å². The molecule has 0 saturated carbocycles. The second-order valence-electron chi connectivity index (χ2n) is 4.33. The summed E-state index contributed by atoms with van der Waals surface area (Å²) in [7, 11) is -4.33. The Bertz CT molecular complexity index is 684. The Morgan fingerprint density at radius 1 is 0.696 bits per heavy atom. The predicted molar refractivity (Wildman–Crippen MR) is 85.4 cm³/mol. The molecule has 0 saturated heterocycles. The Kier molecular flexibility index (Phi) is 5.70. The average molecular weight is 338 g/mol. The van der Waals surface area contributed by atoms with E-state index in [0.717, 1.165) is 0 Å². The van der Waals surface area contributed by atoms with Crippen LogP contribution in [0.3, 0.4) is 0 Å². The first-order valence-corrected chi connectivity index (χ1v) is 8.46. The fourth-order valence-electron chi connectivity index (χ4n) is 1.82. The summed E-state index contributed by atoms with van der Waals surface area (Å²) in [5, 5.41) is 0. The van der Waals surface area contributed by atoms with Gasteiger partial charge in [0.2, 0.25) is 0 Å². The molecule has 2 aromatic carbocycles. The van der Waals surface area contributed by atoms with Gasteiger partial charge in [0.15, 0.2) is 23.0 Å². The lowest BCUT2D eigenvalue weighted by atomic mass is 10.3. The van der Waals surface area contributed by atoms with Gasteiger partial charge in [-0.3, -0.25) is 0 Å². The number of hydrogen-bond acceptors (Lipinski definition) is 6. The van der Waals surface area contributed by atoms with Crippen molar-refractivity contribution in [2.24, 2.45) is 0 Å². The molecule has 0 N–H and O–H groups in total. The van der Waals surface area contributed by atoms with Gasteiger partial charge >= 0.3 is 10.4 Å². The normalized spacial score (nSPS) is 10.9. The SMILES string of the molecule is CCOc1ccccc1OS(=O)(=O)Oc1ccccc1OCC. The molecule has 0 radical (unpaired) electrons. The summed E-state index contributed by atoms with van der Waals surface area (Å²) in [6, 6.07) is 12.9. The molecule has 2 aromatic rings. The van der Waals surface area contributed by atoms with Gasteiger partial charge in [0.05, 0.1) is 13.2 Å². The molecule has 0 aromatic heterocycles. The minimum atomic E-state index is -4.33. The van der Waals surface area contributed by atoms with Crippen LogP contribution < -0.4 is 17.8 Å². The quantitative estimate of drug-likeness (QED) is 0.736. The molecule has 0 fully saturated rings. The van der Waals surface area contributed by atoms with Crippen LogP contribution in [0.5, 0.6) is 23.0 Å². The van der Waals surface area contributed by atoms with Crippen LogP contribution in [0, 0.1) is 0 Å². The largest absolute Gasteiger partial charge is 0.501 e. The van der Waals surface area contributed by atoms with Crippen molar-refractivity contribution in [3.05, 3.63) is 48.5 Å². The lowest BCUT2D eigenvalue weighted by Gasteiger charge is -2.13. The van der Waals surface area contributed by atoms with Crippen LogP contribution in [-0.4, -0.2) is 21.6 Å². The molecule has 0 amide bonds. The average Bonchev–Trinajstić information content (AvgIpc) is 2.51. The van der Waals surface area contributed by atoms with E-state index in [1.807, 2.05) is 0 Å².